The second-order valence-electron chi connectivity index (χ2n) is 5.03. The van der Waals surface area contributed by atoms with Gasteiger partial charge in [0.2, 0.25) is 5.91 Å². The highest BCUT2D eigenvalue weighted by molar-refractivity contribution is 5.83. The van der Waals surface area contributed by atoms with Gasteiger partial charge in [-0.3, -0.25) is 15.2 Å². The lowest BCUT2D eigenvalue weighted by Crippen LogP contribution is -2.39. The number of aromatic nitrogens is 1. The first-order valence-corrected chi connectivity index (χ1v) is 6.83. The Hall–Kier alpha value is -2.24. The maximum atomic E-state index is 12.0. The first-order chi connectivity index (χ1) is 10.2. The van der Waals surface area contributed by atoms with Gasteiger partial charge in [0.1, 0.15) is 0 Å². The standard InChI is InChI=1S/C16H20N4O/c1-20(11-13-6-5-9-18-10-13)12-15(16(21)19-17)14-7-3-2-4-8-14/h2-10,15H,11-12,17H2,1H3,(H,19,21). The number of amides is 1. The van der Waals surface area contributed by atoms with E-state index in [4.69, 9.17) is 5.84 Å². The summed E-state index contributed by atoms with van der Waals surface area (Å²) in [6, 6.07) is 13.6. The average Bonchev–Trinajstić information content (AvgIpc) is 2.53. The largest absolute Gasteiger partial charge is 0.301 e. The molecule has 1 amide bonds. The number of rotatable bonds is 6. The van der Waals surface area contributed by atoms with Crippen LogP contribution < -0.4 is 11.3 Å². The van der Waals surface area contributed by atoms with E-state index in [-0.39, 0.29) is 11.8 Å². The van der Waals surface area contributed by atoms with E-state index in [1.165, 1.54) is 0 Å². The molecule has 3 N–H and O–H groups in total. The number of carbonyl (C=O) groups excluding carboxylic acids is 1. The van der Waals surface area contributed by atoms with Gasteiger partial charge in [-0.2, -0.15) is 0 Å². The summed E-state index contributed by atoms with van der Waals surface area (Å²) in [7, 11) is 1.98. The molecule has 21 heavy (non-hydrogen) atoms. The van der Waals surface area contributed by atoms with Gasteiger partial charge in [-0.05, 0) is 24.2 Å². The van der Waals surface area contributed by atoms with Crippen LogP contribution in [0.2, 0.25) is 0 Å². The minimum Gasteiger partial charge on any atom is -0.301 e. The Balaban J connectivity index is 2.07. The third-order valence-corrected chi connectivity index (χ3v) is 3.33. The van der Waals surface area contributed by atoms with E-state index < -0.39 is 0 Å². The summed E-state index contributed by atoms with van der Waals surface area (Å²) in [5.74, 6) is 4.84. The zero-order valence-corrected chi connectivity index (χ0v) is 12.1. The number of carbonyl (C=O) groups is 1. The van der Waals surface area contributed by atoms with Crippen LogP contribution in [0, 0.1) is 0 Å². The fourth-order valence-corrected chi connectivity index (χ4v) is 2.31. The first kappa shape index (κ1) is 15.2. The van der Waals surface area contributed by atoms with Crippen molar-refractivity contribution in [2.24, 2.45) is 5.84 Å². The quantitative estimate of drug-likeness (QED) is 0.476. The lowest BCUT2D eigenvalue weighted by molar-refractivity contribution is -0.123. The molecule has 0 saturated carbocycles. The average molecular weight is 284 g/mol. The first-order valence-electron chi connectivity index (χ1n) is 6.83. The third kappa shape index (κ3) is 4.37. The number of hydrogen-bond acceptors (Lipinski definition) is 4. The van der Waals surface area contributed by atoms with Gasteiger partial charge in [-0.1, -0.05) is 36.4 Å². The molecule has 0 aliphatic rings. The Bertz CT molecular complexity index is 559. The van der Waals surface area contributed by atoms with Crippen LogP contribution in [0.15, 0.2) is 54.9 Å². The number of pyridine rings is 1. The lowest BCUT2D eigenvalue weighted by Gasteiger charge is -2.23. The molecule has 2 aromatic rings. The van der Waals surface area contributed by atoms with Crippen LogP contribution in [0.5, 0.6) is 0 Å². The van der Waals surface area contributed by atoms with Crippen molar-refractivity contribution < 1.29 is 4.79 Å². The smallest absolute Gasteiger partial charge is 0.242 e. The van der Waals surface area contributed by atoms with Gasteiger partial charge in [-0.15, -0.1) is 0 Å². The van der Waals surface area contributed by atoms with E-state index >= 15 is 0 Å². The molecule has 5 heteroatoms. The summed E-state index contributed by atoms with van der Waals surface area (Å²) in [5, 5.41) is 0. The molecule has 0 aliphatic heterocycles. The van der Waals surface area contributed by atoms with Gasteiger partial charge in [-0.25, -0.2) is 5.84 Å². The highest BCUT2D eigenvalue weighted by Crippen LogP contribution is 2.17. The summed E-state index contributed by atoms with van der Waals surface area (Å²) < 4.78 is 0. The molecule has 2 rings (SSSR count). The predicted molar refractivity (Wildman–Crippen MR) is 82.1 cm³/mol. The summed E-state index contributed by atoms with van der Waals surface area (Å²) >= 11 is 0. The normalized spacial score (nSPS) is 12.1. The minimum absolute atomic E-state index is 0.181. The van der Waals surface area contributed by atoms with Gasteiger partial charge < -0.3 is 4.90 Å². The van der Waals surface area contributed by atoms with E-state index in [0.29, 0.717) is 6.54 Å². The topological polar surface area (TPSA) is 71.2 Å². The number of benzene rings is 1. The number of hydrogen-bond donors (Lipinski definition) is 2. The van der Waals surface area contributed by atoms with Crippen molar-refractivity contribution in [3.05, 3.63) is 66.0 Å². The van der Waals surface area contributed by atoms with Crippen LogP contribution in [0.4, 0.5) is 0 Å². The van der Waals surface area contributed by atoms with Gasteiger partial charge in [0.25, 0.3) is 0 Å². The van der Waals surface area contributed by atoms with Crippen molar-refractivity contribution in [2.75, 3.05) is 13.6 Å². The van der Waals surface area contributed by atoms with Crippen LogP contribution in [0.3, 0.4) is 0 Å². The maximum Gasteiger partial charge on any atom is 0.242 e. The summed E-state index contributed by atoms with van der Waals surface area (Å²) in [6.45, 7) is 1.32. The molecule has 0 radical (unpaired) electrons. The number of nitrogens with two attached hydrogens (primary N) is 1. The fraction of sp³-hybridized carbons (Fsp3) is 0.250. The Morgan fingerprint density at radius 1 is 1.29 bits per heavy atom. The number of nitrogens with zero attached hydrogens (tertiary/aromatic N) is 2. The van der Waals surface area contributed by atoms with Gasteiger partial charge in [0.05, 0.1) is 5.92 Å². The van der Waals surface area contributed by atoms with E-state index in [0.717, 1.165) is 17.7 Å². The maximum absolute atomic E-state index is 12.0. The molecule has 1 atom stereocenters. The highest BCUT2D eigenvalue weighted by atomic mass is 16.2. The van der Waals surface area contributed by atoms with Gasteiger partial charge >= 0.3 is 0 Å². The molecule has 0 aliphatic carbocycles. The van der Waals surface area contributed by atoms with Crippen LogP contribution >= 0.6 is 0 Å². The van der Waals surface area contributed by atoms with Crippen molar-refractivity contribution in [1.82, 2.24) is 15.3 Å². The Morgan fingerprint density at radius 2 is 2.05 bits per heavy atom. The zero-order valence-electron chi connectivity index (χ0n) is 12.1. The molecule has 0 saturated heterocycles. The molecule has 5 nitrogen and oxygen atoms in total. The number of likely N-dealkylation sites (N-methyl/N-ethyl adjacent to an activating group) is 1. The third-order valence-electron chi connectivity index (χ3n) is 3.33. The Labute approximate surface area is 124 Å². The van der Waals surface area contributed by atoms with Crippen LogP contribution in [-0.2, 0) is 11.3 Å². The zero-order chi connectivity index (χ0) is 15.1. The van der Waals surface area contributed by atoms with E-state index in [2.05, 4.69) is 15.3 Å². The highest BCUT2D eigenvalue weighted by Gasteiger charge is 2.21. The molecule has 0 bridgehead atoms. The van der Waals surface area contributed by atoms with Crippen LogP contribution in [0.25, 0.3) is 0 Å². The Kier molecular flexibility index (Phi) is 5.43. The van der Waals surface area contributed by atoms with Crippen LogP contribution in [0.1, 0.15) is 17.0 Å². The second-order valence-corrected chi connectivity index (χ2v) is 5.03. The van der Waals surface area contributed by atoms with Crippen molar-refractivity contribution in [1.29, 1.82) is 0 Å². The van der Waals surface area contributed by atoms with Crippen molar-refractivity contribution in [2.45, 2.75) is 12.5 Å². The molecule has 110 valence electrons. The number of hydrazine groups is 1. The molecule has 1 aromatic carbocycles. The lowest BCUT2D eigenvalue weighted by atomic mass is 9.97. The summed E-state index contributed by atoms with van der Waals surface area (Å²) in [5.41, 5.74) is 4.32. The summed E-state index contributed by atoms with van der Waals surface area (Å²) in [6.07, 6.45) is 3.58. The molecule has 0 spiro atoms. The van der Waals surface area contributed by atoms with Crippen molar-refractivity contribution in [3.8, 4) is 0 Å². The van der Waals surface area contributed by atoms with E-state index in [1.807, 2.05) is 55.7 Å². The van der Waals surface area contributed by atoms with Crippen molar-refractivity contribution >= 4 is 5.91 Å². The predicted octanol–water partition coefficient (Wildman–Crippen LogP) is 1.29. The van der Waals surface area contributed by atoms with E-state index in [1.54, 1.807) is 6.20 Å². The second kappa shape index (κ2) is 7.52. The van der Waals surface area contributed by atoms with Crippen LogP contribution in [-0.4, -0.2) is 29.4 Å². The van der Waals surface area contributed by atoms with Crippen molar-refractivity contribution in [3.63, 3.8) is 0 Å². The molecule has 0 fully saturated rings. The molecular weight excluding hydrogens is 264 g/mol. The molecular formula is C16H20N4O. The van der Waals surface area contributed by atoms with Gasteiger partial charge in [0, 0.05) is 25.5 Å². The molecule has 1 heterocycles. The van der Waals surface area contributed by atoms with E-state index in [9.17, 15) is 4.79 Å². The molecule has 1 unspecified atom stereocenters. The van der Waals surface area contributed by atoms with Gasteiger partial charge in [0.15, 0.2) is 0 Å². The Morgan fingerprint density at radius 3 is 2.67 bits per heavy atom. The summed E-state index contributed by atoms with van der Waals surface area (Å²) in [4.78, 5) is 18.2. The fourth-order valence-electron chi connectivity index (χ4n) is 2.31. The monoisotopic (exact) mass is 284 g/mol. The molecule has 1 aromatic heterocycles. The SMILES string of the molecule is CN(Cc1cccnc1)CC(C(=O)NN)c1ccccc1. The number of nitrogens with one attached hydrogen (secondary N) is 1. The minimum atomic E-state index is -0.294.